The van der Waals surface area contributed by atoms with E-state index in [1.807, 2.05) is 23.1 Å². The van der Waals surface area contributed by atoms with E-state index in [4.69, 9.17) is 0 Å². The lowest BCUT2D eigenvalue weighted by atomic mass is 9.89. The van der Waals surface area contributed by atoms with Crippen LogP contribution in [0.25, 0.3) is 0 Å². The summed E-state index contributed by atoms with van der Waals surface area (Å²) in [6.45, 7) is 4.30. The van der Waals surface area contributed by atoms with Crippen LogP contribution in [0.4, 0.5) is 5.69 Å². The molecule has 120 valence electrons. The molecule has 1 aliphatic heterocycles. The van der Waals surface area contributed by atoms with Crippen LogP contribution in [0.15, 0.2) is 47.4 Å². The highest BCUT2D eigenvalue weighted by Crippen LogP contribution is 2.34. The molecule has 0 unspecified atom stereocenters. The van der Waals surface area contributed by atoms with Gasteiger partial charge in [0.05, 0.1) is 5.56 Å². The molecule has 1 aromatic heterocycles. The van der Waals surface area contributed by atoms with Gasteiger partial charge in [-0.15, -0.1) is 0 Å². The molecular formula is C19H22N2O2. The molecule has 2 aromatic rings. The molecule has 0 saturated carbocycles. The predicted molar refractivity (Wildman–Crippen MR) is 91.9 cm³/mol. The van der Waals surface area contributed by atoms with Crippen LogP contribution >= 0.6 is 0 Å². The lowest BCUT2D eigenvalue weighted by molar-refractivity contribution is 0.0964. The van der Waals surface area contributed by atoms with Gasteiger partial charge in [0.25, 0.3) is 5.91 Å². The Hall–Kier alpha value is -2.36. The van der Waals surface area contributed by atoms with Gasteiger partial charge in [-0.2, -0.15) is 0 Å². The van der Waals surface area contributed by atoms with E-state index in [1.165, 1.54) is 16.2 Å². The lowest BCUT2D eigenvalue weighted by Crippen LogP contribution is -2.46. The maximum atomic E-state index is 13.2. The van der Waals surface area contributed by atoms with Gasteiger partial charge in [0, 0.05) is 31.0 Å². The van der Waals surface area contributed by atoms with Crippen LogP contribution in [0.1, 0.15) is 36.2 Å². The van der Waals surface area contributed by atoms with E-state index in [9.17, 15) is 9.59 Å². The first-order valence-electron chi connectivity index (χ1n) is 8.07. The number of amides is 1. The number of nitrogens with zero attached hydrogens (tertiary/aromatic N) is 2. The molecule has 0 saturated heterocycles. The van der Waals surface area contributed by atoms with Crippen molar-refractivity contribution in [1.29, 1.82) is 0 Å². The summed E-state index contributed by atoms with van der Waals surface area (Å²) >= 11 is 0. The topological polar surface area (TPSA) is 42.3 Å². The third-order valence-electron chi connectivity index (χ3n) is 4.61. The maximum Gasteiger partial charge on any atom is 0.260 e. The number of aromatic nitrogens is 1. The number of carbonyl (C=O) groups is 1. The van der Waals surface area contributed by atoms with Crippen LogP contribution in [-0.4, -0.2) is 16.5 Å². The minimum atomic E-state index is -0.110. The Kier molecular flexibility index (Phi) is 4.07. The molecule has 4 nitrogen and oxygen atoms in total. The fourth-order valence-electron chi connectivity index (χ4n) is 3.32. The Labute approximate surface area is 136 Å². The minimum absolute atomic E-state index is 0.0357. The summed E-state index contributed by atoms with van der Waals surface area (Å²) in [5.41, 5.74) is 2.65. The van der Waals surface area contributed by atoms with Crippen molar-refractivity contribution in [2.75, 3.05) is 4.90 Å². The number of aryl methyl sites for hydroxylation is 2. The standard InChI is InChI=1S/C19H22N2O2/c1-13(2)16-10-8-14-6-4-5-7-17(14)21(16)19(23)15-9-11-18(22)20(3)12-15/h4-7,9,11-13,16H,8,10H2,1-3H3/t16-/m1/s1. The molecule has 1 atom stereocenters. The van der Waals surface area contributed by atoms with Gasteiger partial charge in [-0.05, 0) is 36.5 Å². The molecule has 0 spiro atoms. The van der Waals surface area contributed by atoms with Gasteiger partial charge < -0.3 is 9.47 Å². The van der Waals surface area contributed by atoms with E-state index in [1.54, 1.807) is 19.3 Å². The quantitative estimate of drug-likeness (QED) is 0.856. The Morgan fingerprint density at radius 1 is 1.17 bits per heavy atom. The zero-order valence-electron chi connectivity index (χ0n) is 13.8. The highest BCUT2D eigenvalue weighted by molar-refractivity contribution is 6.07. The van der Waals surface area contributed by atoms with E-state index in [-0.39, 0.29) is 17.5 Å². The van der Waals surface area contributed by atoms with Gasteiger partial charge in [-0.25, -0.2) is 0 Å². The van der Waals surface area contributed by atoms with E-state index >= 15 is 0 Å². The Morgan fingerprint density at radius 3 is 2.61 bits per heavy atom. The number of rotatable bonds is 2. The summed E-state index contributed by atoms with van der Waals surface area (Å²) in [7, 11) is 1.67. The van der Waals surface area contributed by atoms with E-state index < -0.39 is 0 Å². The average Bonchev–Trinajstić information content (AvgIpc) is 2.55. The fourth-order valence-corrected chi connectivity index (χ4v) is 3.32. The second-order valence-corrected chi connectivity index (χ2v) is 6.52. The molecule has 4 heteroatoms. The maximum absolute atomic E-state index is 13.2. The highest BCUT2D eigenvalue weighted by atomic mass is 16.2. The largest absolute Gasteiger partial charge is 0.318 e. The first-order chi connectivity index (χ1) is 11.0. The van der Waals surface area contributed by atoms with E-state index in [0.717, 1.165) is 18.5 Å². The van der Waals surface area contributed by atoms with Gasteiger partial charge in [-0.1, -0.05) is 32.0 Å². The van der Waals surface area contributed by atoms with Crippen molar-refractivity contribution < 1.29 is 4.79 Å². The molecule has 2 heterocycles. The third kappa shape index (κ3) is 2.81. The van der Waals surface area contributed by atoms with Gasteiger partial charge in [0.15, 0.2) is 0 Å². The molecule has 0 radical (unpaired) electrons. The molecule has 0 fully saturated rings. The number of hydrogen-bond donors (Lipinski definition) is 0. The molecule has 1 amide bonds. The molecule has 1 aromatic carbocycles. The molecule has 0 N–H and O–H groups in total. The second-order valence-electron chi connectivity index (χ2n) is 6.52. The van der Waals surface area contributed by atoms with Crippen LogP contribution in [0.5, 0.6) is 0 Å². The monoisotopic (exact) mass is 310 g/mol. The zero-order chi connectivity index (χ0) is 16.6. The molecule has 0 bridgehead atoms. The van der Waals surface area contributed by atoms with Crippen molar-refractivity contribution in [2.24, 2.45) is 13.0 Å². The molecule has 0 aliphatic carbocycles. The van der Waals surface area contributed by atoms with Crippen molar-refractivity contribution in [1.82, 2.24) is 4.57 Å². The number of anilines is 1. The fraction of sp³-hybridized carbons (Fsp3) is 0.368. The summed E-state index contributed by atoms with van der Waals surface area (Å²) in [6, 6.07) is 11.4. The SMILES string of the molecule is CC(C)[C@H]1CCc2ccccc2N1C(=O)c1ccc(=O)n(C)c1. The number of pyridine rings is 1. The molecule has 3 rings (SSSR count). The van der Waals surface area contributed by atoms with Crippen LogP contribution in [0.2, 0.25) is 0 Å². The second kappa shape index (κ2) is 6.03. The first kappa shape index (κ1) is 15.5. The van der Waals surface area contributed by atoms with Gasteiger partial charge in [0.1, 0.15) is 0 Å². The Morgan fingerprint density at radius 2 is 1.91 bits per heavy atom. The van der Waals surface area contributed by atoms with Crippen molar-refractivity contribution in [3.63, 3.8) is 0 Å². The van der Waals surface area contributed by atoms with E-state index in [0.29, 0.717) is 11.5 Å². The average molecular weight is 310 g/mol. The van der Waals surface area contributed by atoms with Crippen molar-refractivity contribution in [2.45, 2.75) is 32.7 Å². The lowest BCUT2D eigenvalue weighted by Gasteiger charge is -2.39. The first-order valence-corrected chi connectivity index (χ1v) is 8.07. The molecular weight excluding hydrogens is 288 g/mol. The predicted octanol–water partition coefficient (Wildman–Crippen LogP) is 3.00. The summed E-state index contributed by atoms with van der Waals surface area (Å²) in [6.07, 6.45) is 3.58. The normalized spacial score (nSPS) is 17.2. The van der Waals surface area contributed by atoms with Crippen molar-refractivity contribution in [3.05, 3.63) is 64.1 Å². The number of fused-ring (bicyclic) bond motifs is 1. The summed E-state index contributed by atoms with van der Waals surface area (Å²) in [5, 5.41) is 0. The number of carbonyl (C=O) groups excluding carboxylic acids is 1. The third-order valence-corrected chi connectivity index (χ3v) is 4.61. The number of hydrogen-bond acceptors (Lipinski definition) is 2. The van der Waals surface area contributed by atoms with Gasteiger partial charge in [0.2, 0.25) is 5.56 Å². The Bertz CT molecular complexity index is 792. The minimum Gasteiger partial charge on any atom is -0.318 e. The smallest absolute Gasteiger partial charge is 0.260 e. The highest BCUT2D eigenvalue weighted by Gasteiger charge is 2.33. The number of benzene rings is 1. The summed E-state index contributed by atoms with van der Waals surface area (Å²) in [5.74, 6) is 0.339. The van der Waals surface area contributed by atoms with Crippen LogP contribution in [-0.2, 0) is 13.5 Å². The van der Waals surface area contributed by atoms with Gasteiger partial charge >= 0.3 is 0 Å². The van der Waals surface area contributed by atoms with Crippen LogP contribution < -0.4 is 10.5 Å². The Balaban J connectivity index is 2.07. The summed E-state index contributed by atoms with van der Waals surface area (Å²) in [4.78, 5) is 26.7. The van der Waals surface area contributed by atoms with E-state index in [2.05, 4.69) is 19.9 Å². The number of para-hydroxylation sites is 1. The molecule has 1 aliphatic rings. The zero-order valence-corrected chi connectivity index (χ0v) is 13.8. The van der Waals surface area contributed by atoms with Crippen LogP contribution in [0, 0.1) is 5.92 Å². The van der Waals surface area contributed by atoms with Crippen molar-refractivity contribution >= 4 is 11.6 Å². The summed E-state index contributed by atoms with van der Waals surface area (Å²) < 4.78 is 1.45. The molecule has 23 heavy (non-hydrogen) atoms. The van der Waals surface area contributed by atoms with Crippen molar-refractivity contribution in [3.8, 4) is 0 Å². The van der Waals surface area contributed by atoms with Gasteiger partial charge in [-0.3, -0.25) is 9.59 Å². The van der Waals surface area contributed by atoms with Crippen LogP contribution in [0.3, 0.4) is 0 Å².